The largest absolute Gasteiger partial charge is 0.311 e. The number of sulfonamides is 1. The topological polar surface area (TPSA) is 66.5 Å². The first kappa shape index (κ1) is 17.5. The molecule has 5 nitrogen and oxygen atoms in total. The molecule has 1 amide bonds. The molecule has 0 bridgehead atoms. The highest BCUT2D eigenvalue weighted by atomic mass is 35.5. The Morgan fingerprint density at radius 3 is 2.26 bits per heavy atom. The van der Waals surface area contributed by atoms with Gasteiger partial charge in [-0.25, -0.2) is 13.1 Å². The van der Waals surface area contributed by atoms with Crippen LogP contribution in [-0.2, 0) is 14.8 Å². The molecule has 2 rings (SSSR count). The molecule has 0 heterocycles. The first-order valence-corrected chi connectivity index (χ1v) is 8.84. The number of anilines is 1. The highest BCUT2D eigenvalue weighted by Crippen LogP contribution is 2.15. The van der Waals surface area contributed by atoms with Crippen LogP contribution in [0.1, 0.15) is 6.92 Å². The Bertz CT molecular complexity index is 762. The third kappa shape index (κ3) is 4.79. The smallest absolute Gasteiger partial charge is 0.240 e. The molecule has 0 fully saturated rings. The predicted octanol–water partition coefficient (Wildman–Crippen LogP) is 2.67. The van der Waals surface area contributed by atoms with Crippen molar-refractivity contribution >= 4 is 33.2 Å². The van der Waals surface area contributed by atoms with E-state index in [0.29, 0.717) is 5.02 Å². The summed E-state index contributed by atoms with van der Waals surface area (Å²) in [5, 5.41) is 0.468. The lowest BCUT2D eigenvalue weighted by atomic mass is 10.3. The number of nitrogens with one attached hydrogen (secondary N) is 1. The van der Waals surface area contributed by atoms with E-state index in [4.69, 9.17) is 11.6 Å². The molecule has 2 aromatic rings. The van der Waals surface area contributed by atoms with E-state index in [1.165, 1.54) is 36.1 Å². The minimum Gasteiger partial charge on any atom is -0.311 e. The second-order valence-corrected chi connectivity index (χ2v) is 7.06. The molecular formula is C16H17ClN2O3S. The predicted molar refractivity (Wildman–Crippen MR) is 91.1 cm³/mol. The monoisotopic (exact) mass is 352 g/mol. The molecule has 122 valence electrons. The van der Waals surface area contributed by atoms with E-state index in [-0.39, 0.29) is 23.9 Å². The minimum atomic E-state index is -3.63. The second kappa shape index (κ2) is 7.59. The summed E-state index contributed by atoms with van der Waals surface area (Å²) in [4.78, 5) is 13.4. The lowest BCUT2D eigenvalue weighted by molar-refractivity contribution is -0.116. The maximum atomic E-state index is 12.2. The lowest BCUT2D eigenvalue weighted by Crippen LogP contribution is -2.37. The first-order valence-electron chi connectivity index (χ1n) is 6.98. The Morgan fingerprint density at radius 1 is 1.09 bits per heavy atom. The normalized spacial score (nSPS) is 11.2. The number of para-hydroxylation sites is 1. The van der Waals surface area contributed by atoms with Gasteiger partial charge in [-0.1, -0.05) is 29.8 Å². The van der Waals surface area contributed by atoms with Gasteiger partial charge in [0.2, 0.25) is 15.9 Å². The van der Waals surface area contributed by atoms with Gasteiger partial charge < -0.3 is 4.90 Å². The maximum Gasteiger partial charge on any atom is 0.240 e. The zero-order valence-electron chi connectivity index (χ0n) is 12.6. The summed E-state index contributed by atoms with van der Waals surface area (Å²) in [6.07, 6.45) is 0. The van der Waals surface area contributed by atoms with Crippen LogP contribution < -0.4 is 9.62 Å². The third-order valence-electron chi connectivity index (χ3n) is 3.20. The van der Waals surface area contributed by atoms with Crippen LogP contribution in [0.2, 0.25) is 5.02 Å². The fourth-order valence-corrected chi connectivity index (χ4v) is 3.21. The minimum absolute atomic E-state index is 0.111. The molecule has 0 atom stereocenters. The summed E-state index contributed by atoms with van der Waals surface area (Å²) in [7, 11) is -3.63. The van der Waals surface area contributed by atoms with Crippen LogP contribution >= 0.6 is 11.6 Å². The fourth-order valence-electron chi connectivity index (χ4n) is 2.07. The van der Waals surface area contributed by atoms with Gasteiger partial charge in [-0.3, -0.25) is 4.79 Å². The van der Waals surface area contributed by atoms with Crippen LogP contribution in [0.4, 0.5) is 5.69 Å². The van der Waals surface area contributed by atoms with E-state index >= 15 is 0 Å². The summed E-state index contributed by atoms with van der Waals surface area (Å²) < 4.78 is 26.8. The molecule has 0 radical (unpaired) electrons. The Labute approximate surface area is 140 Å². The van der Waals surface area contributed by atoms with Gasteiger partial charge in [0.25, 0.3) is 0 Å². The van der Waals surface area contributed by atoms with Crippen molar-refractivity contribution in [2.45, 2.75) is 11.8 Å². The summed E-state index contributed by atoms with van der Waals surface area (Å²) >= 11 is 5.75. The van der Waals surface area contributed by atoms with Gasteiger partial charge in [0.1, 0.15) is 0 Å². The van der Waals surface area contributed by atoms with E-state index in [2.05, 4.69) is 4.72 Å². The molecule has 23 heavy (non-hydrogen) atoms. The van der Waals surface area contributed by atoms with E-state index in [1.54, 1.807) is 12.1 Å². The van der Waals surface area contributed by atoms with Gasteiger partial charge in [0.15, 0.2) is 0 Å². The Balaban J connectivity index is 2.02. The van der Waals surface area contributed by atoms with E-state index < -0.39 is 10.0 Å². The van der Waals surface area contributed by atoms with Crippen molar-refractivity contribution in [3.8, 4) is 0 Å². The molecule has 0 aliphatic heterocycles. The molecule has 0 unspecified atom stereocenters. The van der Waals surface area contributed by atoms with Crippen LogP contribution in [0, 0.1) is 0 Å². The SMILES string of the molecule is CC(=O)N(CCNS(=O)(=O)c1ccc(Cl)cc1)c1ccccc1. The number of amides is 1. The van der Waals surface area contributed by atoms with Gasteiger partial charge >= 0.3 is 0 Å². The van der Waals surface area contributed by atoms with E-state index in [9.17, 15) is 13.2 Å². The lowest BCUT2D eigenvalue weighted by Gasteiger charge is -2.21. The standard InChI is InChI=1S/C16H17ClN2O3S/c1-13(20)19(15-5-3-2-4-6-15)12-11-18-23(21,22)16-9-7-14(17)8-10-16/h2-10,18H,11-12H2,1H3. The fraction of sp³-hybridized carbons (Fsp3) is 0.188. The van der Waals surface area contributed by atoms with Crippen molar-refractivity contribution in [3.63, 3.8) is 0 Å². The van der Waals surface area contributed by atoms with Crippen molar-refractivity contribution in [1.29, 1.82) is 0 Å². The van der Waals surface area contributed by atoms with Crippen molar-refractivity contribution < 1.29 is 13.2 Å². The Hall–Kier alpha value is -1.89. The zero-order valence-corrected chi connectivity index (χ0v) is 14.1. The van der Waals surface area contributed by atoms with Gasteiger partial charge in [-0.2, -0.15) is 0 Å². The number of rotatable bonds is 6. The number of benzene rings is 2. The average Bonchev–Trinajstić information content (AvgIpc) is 2.52. The molecule has 0 saturated carbocycles. The van der Waals surface area contributed by atoms with Crippen LogP contribution in [0.15, 0.2) is 59.5 Å². The van der Waals surface area contributed by atoms with Crippen molar-refractivity contribution in [2.75, 3.05) is 18.0 Å². The third-order valence-corrected chi connectivity index (χ3v) is 4.93. The summed E-state index contributed by atoms with van der Waals surface area (Å²) in [6, 6.07) is 15.0. The molecule has 0 aliphatic rings. The van der Waals surface area contributed by atoms with Crippen LogP contribution in [0.5, 0.6) is 0 Å². The molecule has 7 heteroatoms. The molecule has 0 aliphatic carbocycles. The van der Waals surface area contributed by atoms with Crippen LogP contribution in [-0.4, -0.2) is 27.4 Å². The highest BCUT2D eigenvalue weighted by molar-refractivity contribution is 7.89. The van der Waals surface area contributed by atoms with Crippen molar-refractivity contribution in [2.24, 2.45) is 0 Å². The number of nitrogens with zero attached hydrogens (tertiary/aromatic N) is 1. The highest BCUT2D eigenvalue weighted by Gasteiger charge is 2.15. The first-order chi connectivity index (χ1) is 10.9. The maximum absolute atomic E-state index is 12.2. The van der Waals surface area contributed by atoms with Crippen LogP contribution in [0.3, 0.4) is 0 Å². The van der Waals surface area contributed by atoms with Gasteiger partial charge in [-0.05, 0) is 36.4 Å². The molecule has 1 N–H and O–H groups in total. The Morgan fingerprint density at radius 2 is 1.70 bits per heavy atom. The zero-order chi connectivity index (χ0) is 16.9. The molecule has 2 aromatic carbocycles. The number of carbonyl (C=O) groups is 1. The quantitative estimate of drug-likeness (QED) is 0.869. The number of hydrogen-bond acceptors (Lipinski definition) is 3. The number of carbonyl (C=O) groups excluding carboxylic acids is 1. The Kier molecular flexibility index (Phi) is 5.76. The van der Waals surface area contributed by atoms with E-state index in [1.807, 2.05) is 18.2 Å². The summed E-state index contributed by atoms with van der Waals surface area (Å²) in [5.74, 6) is -0.151. The van der Waals surface area contributed by atoms with Crippen molar-refractivity contribution in [3.05, 3.63) is 59.6 Å². The summed E-state index contributed by atoms with van der Waals surface area (Å²) in [5.41, 5.74) is 0.727. The molecule has 0 saturated heterocycles. The van der Waals surface area contributed by atoms with E-state index in [0.717, 1.165) is 5.69 Å². The molecular weight excluding hydrogens is 336 g/mol. The van der Waals surface area contributed by atoms with Crippen molar-refractivity contribution in [1.82, 2.24) is 4.72 Å². The summed E-state index contributed by atoms with van der Waals surface area (Å²) in [6.45, 7) is 1.80. The van der Waals surface area contributed by atoms with Gasteiger partial charge in [-0.15, -0.1) is 0 Å². The molecule has 0 spiro atoms. The second-order valence-electron chi connectivity index (χ2n) is 4.86. The number of hydrogen-bond donors (Lipinski definition) is 1. The van der Waals surface area contributed by atoms with Crippen LogP contribution in [0.25, 0.3) is 0 Å². The van der Waals surface area contributed by atoms with Gasteiger partial charge in [0, 0.05) is 30.7 Å². The molecule has 0 aromatic heterocycles. The number of halogens is 1. The van der Waals surface area contributed by atoms with Gasteiger partial charge in [0.05, 0.1) is 4.90 Å². The average molecular weight is 353 g/mol.